The van der Waals surface area contributed by atoms with Gasteiger partial charge in [0.25, 0.3) is 11.8 Å². The van der Waals surface area contributed by atoms with Crippen LogP contribution in [0.15, 0.2) is 72.1 Å². The standard InChI is InChI=1S/C34H41N3O6/c1-21(2)17-25(35-31(39)23-11-13-24(14-12-23)34(3,4)5)32(40)36-16-15-26-30(36)27(38)18-37(26)33(41)29-20-42-19-28(43-29)22-9-7-6-8-10-22/h6-7,9,11-14,19-21,25-26,30H,8,10,15-18H2,1-5H3,(H,35,39)/t25-,26?,30?/m0/s1. The van der Waals surface area contributed by atoms with E-state index in [9.17, 15) is 19.2 Å². The highest BCUT2D eigenvalue weighted by atomic mass is 16.5. The minimum atomic E-state index is -0.797. The van der Waals surface area contributed by atoms with Crippen molar-refractivity contribution in [3.63, 3.8) is 0 Å². The molecule has 1 N–H and O–H groups in total. The van der Waals surface area contributed by atoms with Gasteiger partial charge in [-0.05, 0) is 60.3 Å². The van der Waals surface area contributed by atoms with Crippen LogP contribution in [0.5, 0.6) is 0 Å². The molecule has 3 heterocycles. The van der Waals surface area contributed by atoms with Crippen molar-refractivity contribution in [1.82, 2.24) is 15.1 Å². The molecule has 1 aromatic rings. The van der Waals surface area contributed by atoms with E-state index in [1.54, 1.807) is 17.0 Å². The summed E-state index contributed by atoms with van der Waals surface area (Å²) in [5.41, 5.74) is 2.46. The van der Waals surface area contributed by atoms with E-state index >= 15 is 0 Å². The summed E-state index contributed by atoms with van der Waals surface area (Å²) < 4.78 is 11.4. The zero-order chi connectivity index (χ0) is 30.9. The van der Waals surface area contributed by atoms with Crippen LogP contribution >= 0.6 is 0 Å². The molecule has 9 nitrogen and oxygen atoms in total. The lowest BCUT2D eigenvalue weighted by Gasteiger charge is -2.29. The van der Waals surface area contributed by atoms with E-state index < -0.39 is 24.0 Å². The van der Waals surface area contributed by atoms with E-state index in [0.717, 1.165) is 24.0 Å². The number of nitrogens with zero attached hydrogens (tertiary/aromatic N) is 2. The van der Waals surface area contributed by atoms with Crippen LogP contribution in [0.2, 0.25) is 0 Å². The fourth-order valence-corrected chi connectivity index (χ4v) is 6.10. The van der Waals surface area contributed by atoms with Gasteiger partial charge in [-0.3, -0.25) is 19.2 Å². The van der Waals surface area contributed by atoms with Gasteiger partial charge in [0.05, 0.1) is 12.6 Å². The number of allylic oxidation sites excluding steroid dienone is 4. The number of benzene rings is 1. The third kappa shape index (κ3) is 6.45. The molecule has 3 aliphatic heterocycles. The Morgan fingerprint density at radius 2 is 1.81 bits per heavy atom. The van der Waals surface area contributed by atoms with E-state index in [0.29, 0.717) is 30.7 Å². The zero-order valence-electron chi connectivity index (χ0n) is 25.6. The van der Waals surface area contributed by atoms with Crippen molar-refractivity contribution in [2.45, 2.75) is 83.8 Å². The van der Waals surface area contributed by atoms with Crippen LogP contribution in [-0.2, 0) is 29.3 Å². The maximum atomic E-state index is 13.9. The van der Waals surface area contributed by atoms with Gasteiger partial charge in [0.2, 0.25) is 11.7 Å². The lowest BCUT2D eigenvalue weighted by atomic mass is 9.86. The highest BCUT2D eigenvalue weighted by Gasteiger charge is 2.53. The molecule has 43 heavy (non-hydrogen) atoms. The Morgan fingerprint density at radius 1 is 1.07 bits per heavy atom. The normalized spacial score (nSPS) is 22.3. The van der Waals surface area contributed by atoms with Crippen LogP contribution < -0.4 is 5.32 Å². The Labute approximate surface area is 253 Å². The second-order valence-electron chi connectivity index (χ2n) is 13.1. The van der Waals surface area contributed by atoms with Gasteiger partial charge in [0.1, 0.15) is 24.6 Å². The molecule has 0 bridgehead atoms. The lowest BCUT2D eigenvalue weighted by molar-refractivity contribution is -0.138. The molecule has 0 saturated carbocycles. The number of Topliss-reactive ketones (excluding diaryl/α,β-unsaturated/α-hetero) is 1. The molecular formula is C34H41N3O6. The van der Waals surface area contributed by atoms with Gasteiger partial charge in [-0.2, -0.15) is 0 Å². The monoisotopic (exact) mass is 587 g/mol. The second kappa shape index (κ2) is 12.2. The minimum Gasteiger partial charge on any atom is -0.465 e. The SMILES string of the molecule is CC(C)C[C@H](NC(=O)c1ccc(C(C)(C)C)cc1)C(=O)N1CCC2C1C(=O)CN2C(=O)C1=COC=C(C2=CC=CCC2)O1. The van der Waals surface area contributed by atoms with Gasteiger partial charge < -0.3 is 24.6 Å². The number of hydrogen-bond acceptors (Lipinski definition) is 6. The summed E-state index contributed by atoms with van der Waals surface area (Å²) in [6.45, 7) is 10.5. The van der Waals surface area contributed by atoms with Crippen LogP contribution in [0.4, 0.5) is 0 Å². The first kappa shape index (κ1) is 30.3. The molecule has 9 heteroatoms. The number of fused-ring (bicyclic) bond motifs is 1. The minimum absolute atomic E-state index is 0.00797. The number of ether oxygens (including phenoxy) is 2. The third-order valence-electron chi connectivity index (χ3n) is 8.40. The molecule has 2 unspecified atom stereocenters. The van der Waals surface area contributed by atoms with Crippen molar-refractivity contribution in [1.29, 1.82) is 0 Å². The van der Waals surface area contributed by atoms with Gasteiger partial charge >= 0.3 is 0 Å². The van der Waals surface area contributed by atoms with Gasteiger partial charge in [0.15, 0.2) is 11.5 Å². The van der Waals surface area contributed by atoms with Crippen molar-refractivity contribution in [2.75, 3.05) is 13.1 Å². The molecular weight excluding hydrogens is 546 g/mol. The van der Waals surface area contributed by atoms with Crippen LogP contribution in [0, 0.1) is 5.92 Å². The molecule has 3 atom stereocenters. The summed E-state index contributed by atoms with van der Waals surface area (Å²) in [5, 5.41) is 2.93. The number of nitrogens with one attached hydrogen (secondary N) is 1. The molecule has 3 amide bonds. The molecule has 228 valence electrons. The van der Waals surface area contributed by atoms with E-state index in [2.05, 4.69) is 32.2 Å². The van der Waals surface area contributed by atoms with Crippen LogP contribution in [0.1, 0.15) is 76.2 Å². The molecule has 2 saturated heterocycles. The predicted molar refractivity (Wildman–Crippen MR) is 161 cm³/mol. The lowest BCUT2D eigenvalue weighted by Crippen LogP contribution is -2.53. The van der Waals surface area contributed by atoms with E-state index in [4.69, 9.17) is 9.47 Å². The van der Waals surface area contributed by atoms with Gasteiger partial charge in [-0.25, -0.2) is 0 Å². The Balaban J connectivity index is 1.27. The summed E-state index contributed by atoms with van der Waals surface area (Å²) in [7, 11) is 0. The Bertz CT molecular complexity index is 1410. The predicted octanol–water partition coefficient (Wildman–Crippen LogP) is 4.52. The van der Waals surface area contributed by atoms with Crippen molar-refractivity contribution in [2.24, 2.45) is 5.92 Å². The first-order valence-corrected chi connectivity index (χ1v) is 15.1. The Kier molecular flexibility index (Phi) is 8.62. The fourth-order valence-electron chi connectivity index (χ4n) is 6.10. The van der Waals surface area contributed by atoms with Gasteiger partial charge in [-0.1, -0.05) is 65.0 Å². The molecule has 1 aromatic carbocycles. The van der Waals surface area contributed by atoms with Crippen LogP contribution in [0.3, 0.4) is 0 Å². The van der Waals surface area contributed by atoms with E-state index in [1.807, 2.05) is 38.1 Å². The Morgan fingerprint density at radius 3 is 2.47 bits per heavy atom. The Hall–Kier alpha value is -4.14. The number of likely N-dealkylation sites (tertiary alicyclic amines) is 2. The smallest absolute Gasteiger partial charge is 0.293 e. The first-order valence-electron chi connectivity index (χ1n) is 15.1. The summed E-state index contributed by atoms with van der Waals surface area (Å²) in [6, 6.07) is 5.38. The number of carbonyl (C=O) groups excluding carboxylic acids is 4. The van der Waals surface area contributed by atoms with Crippen molar-refractivity contribution >= 4 is 23.5 Å². The number of ketones is 1. The summed E-state index contributed by atoms with van der Waals surface area (Å²) in [4.78, 5) is 57.0. The zero-order valence-corrected chi connectivity index (χ0v) is 25.6. The topological polar surface area (TPSA) is 105 Å². The number of rotatable bonds is 7. The van der Waals surface area contributed by atoms with Crippen molar-refractivity contribution in [3.05, 3.63) is 83.2 Å². The number of hydrogen-bond donors (Lipinski definition) is 1. The van der Waals surface area contributed by atoms with Crippen LogP contribution in [-0.4, -0.2) is 64.5 Å². The first-order chi connectivity index (χ1) is 20.4. The maximum Gasteiger partial charge on any atom is 0.293 e. The summed E-state index contributed by atoms with van der Waals surface area (Å²) in [6.07, 6.45) is 11.2. The van der Waals surface area contributed by atoms with Crippen molar-refractivity contribution < 1.29 is 28.7 Å². The highest BCUT2D eigenvalue weighted by Crippen LogP contribution is 2.34. The molecule has 0 aromatic heterocycles. The summed E-state index contributed by atoms with van der Waals surface area (Å²) in [5.74, 6) is -0.681. The van der Waals surface area contributed by atoms with Gasteiger partial charge in [0, 0.05) is 12.1 Å². The van der Waals surface area contributed by atoms with Gasteiger partial charge in [-0.15, -0.1) is 0 Å². The summed E-state index contributed by atoms with van der Waals surface area (Å²) >= 11 is 0. The third-order valence-corrected chi connectivity index (χ3v) is 8.40. The highest BCUT2D eigenvalue weighted by molar-refractivity contribution is 6.02. The molecule has 1 aliphatic carbocycles. The average Bonchev–Trinajstić information content (AvgIpc) is 3.57. The molecule has 2 fully saturated rings. The molecule has 5 rings (SSSR count). The fraction of sp³-hybridized carbons (Fsp3) is 0.471. The van der Waals surface area contributed by atoms with Crippen molar-refractivity contribution in [3.8, 4) is 0 Å². The second-order valence-corrected chi connectivity index (χ2v) is 13.1. The molecule has 4 aliphatic rings. The average molecular weight is 588 g/mol. The quantitative estimate of drug-likeness (QED) is 0.503. The van der Waals surface area contributed by atoms with E-state index in [-0.39, 0.29) is 41.2 Å². The largest absolute Gasteiger partial charge is 0.465 e. The molecule has 0 spiro atoms. The number of amides is 3. The molecule has 0 radical (unpaired) electrons. The van der Waals surface area contributed by atoms with Crippen LogP contribution in [0.25, 0.3) is 0 Å². The maximum absolute atomic E-state index is 13.9. The van der Waals surface area contributed by atoms with E-state index in [1.165, 1.54) is 17.4 Å². The number of carbonyl (C=O) groups is 4.